The average molecular weight is 371 g/mol. The van der Waals surface area contributed by atoms with Gasteiger partial charge in [-0.1, -0.05) is 15.9 Å². The molecular formula is C16H19BrO5. The third-order valence-corrected chi connectivity index (χ3v) is 8.97. The van der Waals surface area contributed by atoms with E-state index in [2.05, 4.69) is 15.9 Å². The summed E-state index contributed by atoms with van der Waals surface area (Å²) in [4.78, 5) is 23.2. The van der Waals surface area contributed by atoms with Crippen LogP contribution in [-0.4, -0.2) is 34.9 Å². The van der Waals surface area contributed by atoms with Gasteiger partial charge in [-0.15, -0.1) is 0 Å². The van der Waals surface area contributed by atoms with Crippen molar-refractivity contribution >= 4 is 21.9 Å². The number of rotatable bonds is 2. The zero-order valence-corrected chi connectivity index (χ0v) is 14.4. The molecule has 0 aromatic heterocycles. The van der Waals surface area contributed by atoms with Crippen LogP contribution in [0.25, 0.3) is 0 Å². The Kier molecular flexibility index (Phi) is 1.90. The van der Waals surface area contributed by atoms with Gasteiger partial charge in [0, 0.05) is 5.92 Å². The molecule has 7 fully saturated rings. The van der Waals surface area contributed by atoms with Gasteiger partial charge in [0.1, 0.15) is 5.60 Å². The van der Waals surface area contributed by atoms with E-state index < -0.39 is 11.4 Å². The Bertz CT molecular complexity index is 599. The highest BCUT2D eigenvalue weighted by atomic mass is 79.9. The lowest BCUT2D eigenvalue weighted by atomic mass is 9.13. The fourth-order valence-corrected chi connectivity index (χ4v) is 8.89. The van der Waals surface area contributed by atoms with Gasteiger partial charge < -0.3 is 9.47 Å². The molecule has 1 spiro atoms. The Morgan fingerprint density at radius 3 is 2.14 bits per heavy atom. The predicted molar refractivity (Wildman–Crippen MR) is 76.6 cm³/mol. The molecule has 4 atom stereocenters. The SMILES string of the molecule is CC(C)(C)OOC(=O)C12C3[C@@H]4[C@H]1C1[C@@H]2[C@@H]3C4(Br)C12OCCO2. The van der Waals surface area contributed by atoms with E-state index in [4.69, 9.17) is 19.2 Å². The number of halogens is 1. The van der Waals surface area contributed by atoms with Gasteiger partial charge in [-0.3, -0.25) is 4.89 Å². The topological polar surface area (TPSA) is 54.0 Å². The molecule has 120 valence electrons. The minimum atomic E-state index is -0.473. The van der Waals surface area contributed by atoms with Crippen molar-refractivity contribution in [1.29, 1.82) is 0 Å². The average Bonchev–Trinajstić information content (AvgIpc) is 2.95. The van der Waals surface area contributed by atoms with Crippen LogP contribution in [0.4, 0.5) is 0 Å². The second kappa shape index (κ2) is 3.17. The van der Waals surface area contributed by atoms with Crippen molar-refractivity contribution in [3.05, 3.63) is 0 Å². The molecule has 0 aromatic rings. The zero-order valence-electron chi connectivity index (χ0n) is 12.8. The first-order valence-corrected chi connectivity index (χ1v) is 8.98. The highest BCUT2D eigenvalue weighted by Crippen LogP contribution is 3.04. The maximum absolute atomic E-state index is 12.7. The van der Waals surface area contributed by atoms with Gasteiger partial charge in [0.25, 0.3) is 0 Å². The second-order valence-corrected chi connectivity index (χ2v) is 10.1. The van der Waals surface area contributed by atoms with Crippen molar-refractivity contribution in [2.24, 2.45) is 40.9 Å². The fourth-order valence-electron chi connectivity index (χ4n) is 7.26. The summed E-state index contributed by atoms with van der Waals surface area (Å²) in [5.41, 5.74) is -0.763. The summed E-state index contributed by atoms with van der Waals surface area (Å²) in [6, 6.07) is 0. The molecule has 2 bridgehead atoms. The molecule has 0 aromatic carbocycles. The first kappa shape index (κ1) is 13.2. The van der Waals surface area contributed by atoms with Crippen LogP contribution in [0.1, 0.15) is 20.8 Å². The summed E-state index contributed by atoms with van der Waals surface area (Å²) in [6.45, 7) is 6.98. The van der Waals surface area contributed by atoms with E-state index in [0.29, 0.717) is 48.7 Å². The maximum atomic E-state index is 12.7. The Hall–Kier alpha value is -0.170. The molecular weight excluding hydrogens is 352 g/mol. The van der Waals surface area contributed by atoms with E-state index in [1.165, 1.54) is 0 Å². The van der Waals surface area contributed by atoms with E-state index in [1.807, 2.05) is 20.8 Å². The highest BCUT2D eigenvalue weighted by Gasteiger charge is 3.11. The molecule has 0 unspecified atom stereocenters. The Morgan fingerprint density at radius 1 is 1.05 bits per heavy atom. The lowest BCUT2D eigenvalue weighted by molar-refractivity contribution is -0.440. The third-order valence-electron chi connectivity index (χ3n) is 7.36. The van der Waals surface area contributed by atoms with Crippen molar-refractivity contribution in [2.45, 2.75) is 36.5 Å². The van der Waals surface area contributed by atoms with Gasteiger partial charge in [0.05, 0.1) is 23.0 Å². The molecule has 1 aliphatic heterocycles. The summed E-state index contributed by atoms with van der Waals surface area (Å²) < 4.78 is 12.1. The molecule has 0 amide bonds. The van der Waals surface area contributed by atoms with Crippen LogP contribution < -0.4 is 0 Å². The van der Waals surface area contributed by atoms with Gasteiger partial charge in [0.2, 0.25) is 0 Å². The molecule has 7 rings (SSSR count). The molecule has 6 heteroatoms. The fraction of sp³-hybridized carbons (Fsp3) is 0.938. The first-order chi connectivity index (χ1) is 10.3. The zero-order chi connectivity index (χ0) is 15.3. The van der Waals surface area contributed by atoms with Gasteiger partial charge >= 0.3 is 5.97 Å². The summed E-state index contributed by atoms with van der Waals surface area (Å²) in [5, 5.41) is 0. The normalized spacial score (nSPS) is 60.2. The van der Waals surface area contributed by atoms with Crippen LogP contribution in [0.15, 0.2) is 0 Å². The smallest absolute Gasteiger partial charge is 0.346 e. The summed E-state index contributed by atoms with van der Waals surface area (Å²) >= 11 is 3.98. The molecule has 1 saturated heterocycles. The van der Waals surface area contributed by atoms with Gasteiger partial charge in [-0.2, -0.15) is 4.89 Å². The Morgan fingerprint density at radius 2 is 1.59 bits per heavy atom. The number of hydrogen-bond donors (Lipinski definition) is 0. The summed E-state index contributed by atoms with van der Waals surface area (Å²) in [5.74, 6) is 1.88. The van der Waals surface area contributed by atoms with E-state index in [1.54, 1.807) is 0 Å². The molecule has 22 heavy (non-hydrogen) atoms. The van der Waals surface area contributed by atoms with E-state index in [0.717, 1.165) is 0 Å². The van der Waals surface area contributed by atoms with Crippen molar-refractivity contribution in [3.8, 4) is 0 Å². The van der Waals surface area contributed by atoms with Crippen LogP contribution in [0, 0.1) is 40.9 Å². The van der Waals surface area contributed by atoms with Crippen LogP contribution in [0.5, 0.6) is 0 Å². The number of hydrogen-bond acceptors (Lipinski definition) is 5. The molecule has 0 N–H and O–H groups in total. The number of alkyl halides is 1. The lowest BCUT2D eigenvalue weighted by Gasteiger charge is -2.89. The van der Waals surface area contributed by atoms with Crippen LogP contribution in [0.2, 0.25) is 0 Å². The second-order valence-electron chi connectivity index (χ2n) is 8.79. The van der Waals surface area contributed by atoms with Crippen molar-refractivity contribution in [1.82, 2.24) is 0 Å². The largest absolute Gasteiger partial charge is 0.349 e. The third kappa shape index (κ3) is 0.871. The molecule has 7 aliphatic rings. The number of carbonyl (C=O) groups is 1. The Labute approximate surface area is 137 Å². The molecule has 6 saturated carbocycles. The number of carbonyl (C=O) groups excluding carboxylic acids is 1. The molecule has 6 aliphatic carbocycles. The van der Waals surface area contributed by atoms with Gasteiger partial charge in [0.15, 0.2) is 5.79 Å². The van der Waals surface area contributed by atoms with Crippen LogP contribution in [-0.2, 0) is 24.0 Å². The van der Waals surface area contributed by atoms with Crippen molar-refractivity contribution in [2.75, 3.05) is 13.2 Å². The van der Waals surface area contributed by atoms with E-state index in [-0.39, 0.29) is 15.7 Å². The Balaban J connectivity index is 1.32. The minimum Gasteiger partial charge on any atom is -0.346 e. The standard InChI is InChI=1S/C16H19BrO5/c1-13(2,3)22-21-12(18)14-6-9-7(14)11-8(14)10(6)15(9,17)16(11)19-4-5-20-16/h6-11H,4-5H2,1-3H3/t6?,7-,8-,9+,10+,11?,14?,15?/m0/s1. The first-order valence-electron chi connectivity index (χ1n) is 8.19. The quantitative estimate of drug-likeness (QED) is 0.422. The highest BCUT2D eigenvalue weighted by molar-refractivity contribution is 9.10. The predicted octanol–water partition coefficient (Wildman–Crippen LogP) is 1.89. The van der Waals surface area contributed by atoms with E-state index >= 15 is 0 Å². The monoisotopic (exact) mass is 370 g/mol. The van der Waals surface area contributed by atoms with Crippen LogP contribution in [0.3, 0.4) is 0 Å². The maximum Gasteiger partial charge on any atom is 0.349 e. The van der Waals surface area contributed by atoms with E-state index in [9.17, 15) is 4.79 Å². The van der Waals surface area contributed by atoms with Crippen molar-refractivity contribution in [3.63, 3.8) is 0 Å². The van der Waals surface area contributed by atoms with Gasteiger partial charge in [-0.25, -0.2) is 4.79 Å². The van der Waals surface area contributed by atoms with Gasteiger partial charge in [-0.05, 0) is 50.4 Å². The minimum absolute atomic E-state index is 0.0475. The number of ether oxygens (including phenoxy) is 2. The summed E-state index contributed by atoms with van der Waals surface area (Å²) in [7, 11) is 0. The molecule has 5 nitrogen and oxygen atoms in total. The van der Waals surface area contributed by atoms with Crippen LogP contribution >= 0.6 is 15.9 Å². The van der Waals surface area contributed by atoms with Crippen molar-refractivity contribution < 1.29 is 24.0 Å². The molecule has 0 radical (unpaired) electrons. The molecule has 1 heterocycles. The summed E-state index contributed by atoms with van der Waals surface area (Å²) in [6.07, 6.45) is 0. The lowest BCUT2D eigenvalue weighted by Crippen LogP contribution is -2.94.